The van der Waals surface area contributed by atoms with E-state index in [4.69, 9.17) is 14.2 Å². The molecule has 0 radical (unpaired) electrons. The van der Waals surface area contributed by atoms with E-state index in [1.54, 1.807) is 0 Å². The van der Waals surface area contributed by atoms with Gasteiger partial charge in [0, 0.05) is 19.6 Å². The summed E-state index contributed by atoms with van der Waals surface area (Å²) in [6.07, 6.45) is 2.36. The second-order valence-corrected chi connectivity index (χ2v) is 6.55. The van der Waals surface area contributed by atoms with Crippen LogP contribution in [0.3, 0.4) is 0 Å². The first-order chi connectivity index (χ1) is 9.79. The minimum atomic E-state index is -0.452. The first-order valence-electron chi connectivity index (χ1n) is 7.64. The third-order valence-electron chi connectivity index (χ3n) is 3.75. The van der Waals surface area contributed by atoms with E-state index in [0.717, 1.165) is 6.42 Å². The first-order valence-corrected chi connectivity index (χ1v) is 7.64. The molecule has 0 aliphatic carbocycles. The van der Waals surface area contributed by atoms with Crippen molar-refractivity contribution in [3.8, 4) is 0 Å². The predicted molar refractivity (Wildman–Crippen MR) is 78.9 cm³/mol. The summed E-state index contributed by atoms with van der Waals surface area (Å²) in [5.74, 6) is 0. The summed E-state index contributed by atoms with van der Waals surface area (Å²) in [7, 11) is 0. The van der Waals surface area contributed by atoms with Crippen molar-refractivity contribution in [1.29, 1.82) is 0 Å². The van der Waals surface area contributed by atoms with Crippen LogP contribution in [0, 0.1) is 0 Å². The minimum Gasteiger partial charge on any atom is -0.367 e. The van der Waals surface area contributed by atoms with E-state index in [1.807, 2.05) is 24.7 Å². The number of hydrogen-bond donors (Lipinski definition) is 0. The summed E-state index contributed by atoms with van der Waals surface area (Å²) < 4.78 is 19.1. The standard InChI is InChI=1S/C15H27N3O3/c1-7-19-13(20-8-2)11-10-18(17-16-11)12-9-14(3,4)21-15(12,5)6/h10,12-13H,7-9H2,1-6H3. The maximum atomic E-state index is 6.12. The molecule has 1 aliphatic rings. The van der Waals surface area contributed by atoms with Gasteiger partial charge < -0.3 is 14.2 Å². The van der Waals surface area contributed by atoms with E-state index in [9.17, 15) is 0 Å². The zero-order valence-corrected chi connectivity index (χ0v) is 13.9. The molecule has 0 N–H and O–H groups in total. The third-order valence-corrected chi connectivity index (χ3v) is 3.75. The molecule has 1 atom stereocenters. The number of ether oxygens (including phenoxy) is 3. The average Bonchev–Trinajstić information content (AvgIpc) is 2.90. The fourth-order valence-electron chi connectivity index (χ4n) is 3.02. The number of hydrogen-bond acceptors (Lipinski definition) is 5. The quantitative estimate of drug-likeness (QED) is 0.756. The SMILES string of the molecule is CCOC(OCC)c1cn(C2CC(C)(C)OC2(C)C)nn1. The average molecular weight is 297 g/mol. The molecule has 0 saturated carbocycles. The van der Waals surface area contributed by atoms with Gasteiger partial charge in [0.2, 0.25) is 6.29 Å². The van der Waals surface area contributed by atoms with Crippen molar-refractivity contribution in [2.24, 2.45) is 0 Å². The molecular formula is C15H27N3O3. The Bertz CT molecular complexity index is 464. The zero-order valence-electron chi connectivity index (χ0n) is 13.9. The van der Waals surface area contributed by atoms with Gasteiger partial charge in [-0.3, -0.25) is 0 Å². The molecule has 0 spiro atoms. The Labute approximate surface area is 126 Å². The Morgan fingerprint density at radius 3 is 2.38 bits per heavy atom. The van der Waals surface area contributed by atoms with Crippen molar-refractivity contribution in [2.45, 2.75) is 71.5 Å². The molecule has 2 heterocycles. The van der Waals surface area contributed by atoms with Crippen LogP contribution in [0.2, 0.25) is 0 Å². The summed E-state index contributed by atoms with van der Waals surface area (Å²) in [5.41, 5.74) is 0.278. The van der Waals surface area contributed by atoms with Crippen LogP contribution < -0.4 is 0 Å². The Kier molecular flexibility index (Phi) is 4.70. The van der Waals surface area contributed by atoms with Gasteiger partial charge in [0.05, 0.1) is 23.4 Å². The van der Waals surface area contributed by atoms with Crippen molar-refractivity contribution in [3.63, 3.8) is 0 Å². The normalized spacial score (nSPS) is 23.9. The highest BCUT2D eigenvalue weighted by Gasteiger charge is 2.47. The van der Waals surface area contributed by atoms with Gasteiger partial charge in [-0.25, -0.2) is 4.68 Å². The Balaban J connectivity index is 2.19. The highest BCUT2D eigenvalue weighted by Crippen LogP contribution is 2.44. The van der Waals surface area contributed by atoms with Crippen molar-refractivity contribution in [3.05, 3.63) is 11.9 Å². The molecule has 0 amide bonds. The lowest BCUT2D eigenvalue weighted by molar-refractivity contribution is -0.142. The van der Waals surface area contributed by atoms with Gasteiger partial charge in [-0.2, -0.15) is 0 Å². The zero-order chi connectivity index (χ0) is 15.7. The van der Waals surface area contributed by atoms with Gasteiger partial charge in [-0.15, -0.1) is 5.10 Å². The second kappa shape index (κ2) is 6.02. The van der Waals surface area contributed by atoms with Crippen molar-refractivity contribution in [1.82, 2.24) is 15.0 Å². The van der Waals surface area contributed by atoms with Crippen LogP contribution in [0.5, 0.6) is 0 Å². The maximum Gasteiger partial charge on any atom is 0.204 e. The predicted octanol–water partition coefficient (Wildman–Crippen LogP) is 2.87. The Hall–Kier alpha value is -0.980. The molecule has 6 heteroatoms. The van der Waals surface area contributed by atoms with Crippen LogP contribution in [-0.2, 0) is 14.2 Å². The molecule has 1 aliphatic heterocycles. The van der Waals surface area contributed by atoms with Gasteiger partial charge in [-0.05, 0) is 41.5 Å². The molecule has 1 unspecified atom stereocenters. The smallest absolute Gasteiger partial charge is 0.204 e. The van der Waals surface area contributed by atoms with Crippen molar-refractivity contribution >= 4 is 0 Å². The van der Waals surface area contributed by atoms with E-state index in [-0.39, 0.29) is 17.2 Å². The fourth-order valence-corrected chi connectivity index (χ4v) is 3.02. The number of rotatable bonds is 6. The molecule has 1 aromatic heterocycles. The van der Waals surface area contributed by atoms with E-state index in [2.05, 4.69) is 38.0 Å². The summed E-state index contributed by atoms with van der Waals surface area (Å²) in [5, 5.41) is 8.49. The molecule has 0 bridgehead atoms. The van der Waals surface area contributed by atoms with Gasteiger partial charge in [-0.1, -0.05) is 5.21 Å². The summed E-state index contributed by atoms with van der Waals surface area (Å²) >= 11 is 0. The topological polar surface area (TPSA) is 58.4 Å². The lowest BCUT2D eigenvalue weighted by Crippen LogP contribution is -2.31. The van der Waals surface area contributed by atoms with E-state index in [1.165, 1.54) is 0 Å². The monoisotopic (exact) mass is 297 g/mol. The van der Waals surface area contributed by atoms with Crippen LogP contribution in [0.4, 0.5) is 0 Å². The van der Waals surface area contributed by atoms with Crippen LogP contribution >= 0.6 is 0 Å². The molecule has 6 nitrogen and oxygen atoms in total. The molecule has 0 aromatic carbocycles. The van der Waals surface area contributed by atoms with E-state index >= 15 is 0 Å². The lowest BCUT2D eigenvalue weighted by Gasteiger charge is -2.26. The molecular weight excluding hydrogens is 270 g/mol. The first kappa shape index (κ1) is 16.4. The molecule has 2 rings (SSSR count). The summed E-state index contributed by atoms with van der Waals surface area (Å²) in [6.45, 7) is 13.4. The lowest BCUT2D eigenvalue weighted by atomic mass is 9.95. The third kappa shape index (κ3) is 3.62. The summed E-state index contributed by atoms with van der Waals surface area (Å²) in [6, 6.07) is 0.151. The van der Waals surface area contributed by atoms with Crippen molar-refractivity contribution < 1.29 is 14.2 Å². The molecule has 21 heavy (non-hydrogen) atoms. The highest BCUT2D eigenvalue weighted by atomic mass is 16.7. The fraction of sp³-hybridized carbons (Fsp3) is 0.867. The van der Waals surface area contributed by atoms with Gasteiger partial charge in [0.1, 0.15) is 5.69 Å². The second-order valence-electron chi connectivity index (χ2n) is 6.55. The maximum absolute atomic E-state index is 6.12. The molecule has 1 saturated heterocycles. The van der Waals surface area contributed by atoms with Gasteiger partial charge >= 0.3 is 0 Å². The number of aromatic nitrogens is 3. The van der Waals surface area contributed by atoms with Crippen LogP contribution in [0.1, 0.15) is 66.0 Å². The van der Waals surface area contributed by atoms with Crippen LogP contribution in [0.15, 0.2) is 6.20 Å². The number of nitrogens with zero attached hydrogens (tertiary/aromatic N) is 3. The van der Waals surface area contributed by atoms with Gasteiger partial charge in [0.15, 0.2) is 0 Å². The van der Waals surface area contributed by atoms with Crippen LogP contribution in [0.25, 0.3) is 0 Å². The summed E-state index contributed by atoms with van der Waals surface area (Å²) in [4.78, 5) is 0. The molecule has 1 aromatic rings. The van der Waals surface area contributed by atoms with E-state index in [0.29, 0.717) is 18.9 Å². The van der Waals surface area contributed by atoms with E-state index < -0.39 is 6.29 Å². The highest BCUT2D eigenvalue weighted by molar-refractivity contribution is 5.02. The van der Waals surface area contributed by atoms with Crippen LogP contribution in [-0.4, -0.2) is 39.4 Å². The van der Waals surface area contributed by atoms with Crippen molar-refractivity contribution in [2.75, 3.05) is 13.2 Å². The largest absolute Gasteiger partial charge is 0.367 e. The Morgan fingerprint density at radius 2 is 1.90 bits per heavy atom. The Morgan fingerprint density at radius 1 is 1.29 bits per heavy atom. The minimum absolute atomic E-state index is 0.151. The van der Waals surface area contributed by atoms with Gasteiger partial charge in [0.25, 0.3) is 0 Å². The molecule has 120 valence electrons. The molecule has 1 fully saturated rings.